The first-order chi connectivity index (χ1) is 7.31. The molecule has 0 saturated heterocycles. The zero-order valence-corrected chi connectivity index (χ0v) is 10.1. The number of aryl methyl sites for hydroxylation is 3. The zero-order chi connectivity index (χ0) is 10.7. The Balaban J connectivity index is 2.24. The van der Waals surface area contributed by atoms with Gasteiger partial charge in [-0.2, -0.15) is 0 Å². The second kappa shape index (κ2) is 4.83. The lowest BCUT2D eigenvalue weighted by atomic mass is 9.86. The van der Waals surface area contributed by atoms with Gasteiger partial charge in [0, 0.05) is 0 Å². The van der Waals surface area contributed by atoms with E-state index in [9.17, 15) is 0 Å². The van der Waals surface area contributed by atoms with Crippen LogP contribution in [0.15, 0.2) is 12.1 Å². The van der Waals surface area contributed by atoms with Gasteiger partial charge in [-0.1, -0.05) is 25.5 Å². The van der Waals surface area contributed by atoms with Crippen LogP contribution in [-0.4, -0.2) is 0 Å². The first-order valence-electron chi connectivity index (χ1n) is 6.42. The van der Waals surface area contributed by atoms with Crippen LogP contribution in [0.5, 0.6) is 0 Å². The molecule has 1 aromatic carbocycles. The Kier molecular flexibility index (Phi) is 3.45. The molecular weight excluding hydrogens is 180 g/mol. The van der Waals surface area contributed by atoms with Crippen LogP contribution in [0.3, 0.4) is 0 Å². The second-order valence-corrected chi connectivity index (χ2v) is 4.86. The molecule has 0 heterocycles. The van der Waals surface area contributed by atoms with E-state index < -0.39 is 0 Å². The molecule has 0 saturated carbocycles. The van der Waals surface area contributed by atoms with E-state index in [0.717, 1.165) is 0 Å². The molecule has 0 amide bonds. The maximum absolute atomic E-state index is 2.47. The molecule has 0 spiro atoms. The van der Waals surface area contributed by atoms with Gasteiger partial charge in [-0.25, -0.2) is 0 Å². The predicted molar refractivity (Wildman–Crippen MR) is 66.4 cm³/mol. The molecular formula is C15H22. The van der Waals surface area contributed by atoms with Crippen molar-refractivity contribution < 1.29 is 0 Å². The van der Waals surface area contributed by atoms with Crippen LogP contribution in [0.1, 0.15) is 54.9 Å². The normalized spacial score (nSPS) is 15.1. The summed E-state index contributed by atoms with van der Waals surface area (Å²) < 4.78 is 0. The fourth-order valence-electron chi connectivity index (χ4n) is 2.69. The summed E-state index contributed by atoms with van der Waals surface area (Å²) in [5, 5.41) is 0. The maximum Gasteiger partial charge on any atom is -0.0273 e. The third-order valence-corrected chi connectivity index (χ3v) is 3.57. The van der Waals surface area contributed by atoms with E-state index in [2.05, 4.69) is 26.0 Å². The van der Waals surface area contributed by atoms with E-state index in [0.29, 0.717) is 0 Å². The highest BCUT2D eigenvalue weighted by molar-refractivity contribution is 5.40. The highest BCUT2D eigenvalue weighted by atomic mass is 14.2. The molecule has 1 aliphatic rings. The van der Waals surface area contributed by atoms with E-state index in [4.69, 9.17) is 0 Å². The molecule has 0 aromatic heterocycles. The molecule has 1 aromatic rings. The van der Waals surface area contributed by atoms with Gasteiger partial charge in [-0.05, 0) is 67.7 Å². The van der Waals surface area contributed by atoms with E-state index in [1.807, 2.05) is 0 Å². The van der Waals surface area contributed by atoms with Crippen LogP contribution in [-0.2, 0) is 19.3 Å². The van der Waals surface area contributed by atoms with Crippen LogP contribution in [0.25, 0.3) is 0 Å². The molecule has 1 aliphatic carbocycles. The van der Waals surface area contributed by atoms with Gasteiger partial charge >= 0.3 is 0 Å². The van der Waals surface area contributed by atoms with Crippen molar-refractivity contribution in [1.29, 1.82) is 0 Å². The number of hydrogen-bond donors (Lipinski definition) is 0. The van der Waals surface area contributed by atoms with Crippen LogP contribution in [0.2, 0.25) is 0 Å². The Hall–Kier alpha value is -0.780. The molecule has 0 radical (unpaired) electrons. The topological polar surface area (TPSA) is 0 Å². The lowest BCUT2D eigenvalue weighted by molar-refractivity contribution is 0.679. The first-order valence-corrected chi connectivity index (χ1v) is 6.42. The van der Waals surface area contributed by atoms with E-state index in [1.54, 1.807) is 22.3 Å². The number of hydrogen-bond acceptors (Lipinski definition) is 0. The van der Waals surface area contributed by atoms with Crippen molar-refractivity contribution in [2.24, 2.45) is 0 Å². The van der Waals surface area contributed by atoms with Gasteiger partial charge in [0.2, 0.25) is 0 Å². The summed E-state index contributed by atoms with van der Waals surface area (Å²) in [6, 6.07) is 4.89. The van der Waals surface area contributed by atoms with Crippen LogP contribution < -0.4 is 0 Å². The van der Waals surface area contributed by atoms with Crippen molar-refractivity contribution in [3.05, 3.63) is 34.4 Å². The van der Waals surface area contributed by atoms with E-state index in [-0.39, 0.29) is 0 Å². The molecule has 0 fully saturated rings. The van der Waals surface area contributed by atoms with Gasteiger partial charge < -0.3 is 0 Å². The summed E-state index contributed by atoms with van der Waals surface area (Å²) in [6.45, 7) is 4.56. The van der Waals surface area contributed by atoms with Gasteiger partial charge in [0.25, 0.3) is 0 Å². The Labute approximate surface area is 93.7 Å². The summed E-state index contributed by atoms with van der Waals surface area (Å²) in [5.41, 5.74) is 6.40. The minimum absolute atomic E-state index is 1.27. The predicted octanol–water partition coefficient (Wildman–Crippen LogP) is 4.22. The number of unbranched alkanes of at least 4 members (excludes halogenated alkanes) is 1. The molecule has 0 nitrogen and oxygen atoms in total. The van der Waals surface area contributed by atoms with Crippen molar-refractivity contribution in [3.63, 3.8) is 0 Å². The average Bonchev–Trinajstić information content (AvgIpc) is 2.26. The molecule has 15 heavy (non-hydrogen) atoms. The quantitative estimate of drug-likeness (QED) is 0.688. The Morgan fingerprint density at radius 1 is 1.13 bits per heavy atom. The molecule has 0 heteroatoms. The minimum Gasteiger partial charge on any atom is -0.0654 e. The number of benzene rings is 1. The monoisotopic (exact) mass is 202 g/mol. The summed E-state index contributed by atoms with van der Waals surface area (Å²) in [5.74, 6) is 0. The Morgan fingerprint density at radius 3 is 2.73 bits per heavy atom. The minimum atomic E-state index is 1.27. The average molecular weight is 202 g/mol. The van der Waals surface area contributed by atoms with Gasteiger partial charge in [-0.15, -0.1) is 0 Å². The fourth-order valence-corrected chi connectivity index (χ4v) is 2.69. The van der Waals surface area contributed by atoms with E-state index >= 15 is 0 Å². The van der Waals surface area contributed by atoms with E-state index in [1.165, 1.54) is 44.9 Å². The highest BCUT2D eigenvalue weighted by Gasteiger charge is 2.12. The third-order valence-electron chi connectivity index (χ3n) is 3.57. The van der Waals surface area contributed by atoms with Crippen LogP contribution >= 0.6 is 0 Å². The lowest BCUT2D eigenvalue weighted by Gasteiger charge is -2.19. The molecule has 0 unspecified atom stereocenters. The molecule has 82 valence electrons. The van der Waals surface area contributed by atoms with Crippen LogP contribution in [0, 0.1) is 6.92 Å². The number of fused-ring (bicyclic) bond motifs is 1. The summed E-state index contributed by atoms with van der Waals surface area (Å²) in [7, 11) is 0. The molecule has 2 rings (SSSR count). The maximum atomic E-state index is 2.47. The van der Waals surface area contributed by atoms with Crippen molar-refractivity contribution >= 4 is 0 Å². The van der Waals surface area contributed by atoms with Crippen molar-refractivity contribution in [2.75, 3.05) is 0 Å². The Morgan fingerprint density at radius 2 is 1.93 bits per heavy atom. The smallest absolute Gasteiger partial charge is 0.0273 e. The van der Waals surface area contributed by atoms with Gasteiger partial charge in [0.15, 0.2) is 0 Å². The van der Waals surface area contributed by atoms with Crippen molar-refractivity contribution in [2.45, 2.75) is 58.8 Å². The first kappa shape index (κ1) is 10.7. The Bertz CT molecular complexity index is 336. The van der Waals surface area contributed by atoms with Crippen molar-refractivity contribution in [1.82, 2.24) is 0 Å². The SMILES string of the molecule is CCCCc1cc(C)c2c(c1)CCCC2. The summed E-state index contributed by atoms with van der Waals surface area (Å²) in [6.07, 6.45) is 9.32. The van der Waals surface area contributed by atoms with Gasteiger partial charge in [0.1, 0.15) is 0 Å². The lowest BCUT2D eigenvalue weighted by Crippen LogP contribution is -2.06. The molecule has 0 bridgehead atoms. The molecule has 0 aliphatic heterocycles. The zero-order valence-electron chi connectivity index (χ0n) is 10.1. The standard InChI is InChI=1S/C15H22/c1-3-4-7-13-10-12(2)15-9-6-5-8-14(15)11-13/h10-11H,3-9H2,1-2H3. The van der Waals surface area contributed by atoms with Gasteiger partial charge in [-0.3, -0.25) is 0 Å². The highest BCUT2D eigenvalue weighted by Crippen LogP contribution is 2.26. The summed E-state index contributed by atoms with van der Waals surface area (Å²) >= 11 is 0. The number of rotatable bonds is 3. The van der Waals surface area contributed by atoms with Crippen LogP contribution in [0.4, 0.5) is 0 Å². The molecule has 0 atom stereocenters. The van der Waals surface area contributed by atoms with Crippen molar-refractivity contribution in [3.8, 4) is 0 Å². The largest absolute Gasteiger partial charge is 0.0654 e. The molecule has 0 N–H and O–H groups in total. The second-order valence-electron chi connectivity index (χ2n) is 4.86. The summed E-state index contributed by atoms with van der Waals surface area (Å²) in [4.78, 5) is 0. The van der Waals surface area contributed by atoms with Gasteiger partial charge in [0.05, 0.1) is 0 Å². The fraction of sp³-hybridized carbons (Fsp3) is 0.600. The third kappa shape index (κ3) is 2.42.